The number of carbonyl (C=O) groups excluding carboxylic acids is 1. The highest BCUT2D eigenvalue weighted by Crippen LogP contribution is 2.27. The lowest BCUT2D eigenvalue weighted by Gasteiger charge is -2.32. The van der Waals surface area contributed by atoms with Crippen LogP contribution in [0.1, 0.15) is 49.9 Å². The molecular weight excluding hydrogens is 368 g/mol. The number of benzene rings is 1. The molecule has 0 spiro atoms. The van der Waals surface area contributed by atoms with Crippen LogP contribution in [0.5, 0.6) is 0 Å². The quantitative estimate of drug-likeness (QED) is 0.713. The topological polar surface area (TPSA) is 61.9 Å². The van der Waals surface area contributed by atoms with Gasteiger partial charge in [0.15, 0.2) is 0 Å². The SMILES string of the molecule is O=C(CSc1n[nH]c(CC2CCCC2)n1)N1CCC(Cc2ccccc2)CC1. The van der Waals surface area contributed by atoms with Crippen molar-refractivity contribution in [2.45, 2.75) is 56.5 Å². The fourth-order valence-corrected chi connectivity index (χ4v) is 5.19. The van der Waals surface area contributed by atoms with E-state index in [2.05, 4.69) is 45.5 Å². The van der Waals surface area contributed by atoms with Crippen molar-refractivity contribution in [1.29, 1.82) is 0 Å². The van der Waals surface area contributed by atoms with Gasteiger partial charge in [-0.2, -0.15) is 0 Å². The second-order valence-corrected chi connectivity index (χ2v) is 9.16. The number of H-pyrrole nitrogens is 1. The molecule has 6 heteroatoms. The maximum atomic E-state index is 12.6. The van der Waals surface area contributed by atoms with E-state index >= 15 is 0 Å². The first-order chi connectivity index (χ1) is 13.8. The predicted molar refractivity (Wildman–Crippen MR) is 112 cm³/mol. The Balaban J connectivity index is 1.18. The zero-order chi connectivity index (χ0) is 19.2. The van der Waals surface area contributed by atoms with E-state index in [-0.39, 0.29) is 5.91 Å². The maximum absolute atomic E-state index is 12.6. The van der Waals surface area contributed by atoms with Crippen molar-refractivity contribution in [1.82, 2.24) is 20.1 Å². The van der Waals surface area contributed by atoms with Crippen LogP contribution in [0.4, 0.5) is 0 Å². The molecule has 2 aliphatic rings. The van der Waals surface area contributed by atoms with Gasteiger partial charge >= 0.3 is 0 Å². The molecule has 1 aromatic heterocycles. The van der Waals surface area contributed by atoms with E-state index in [4.69, 9.17) is 0 Å². The highest BCUT2D eigenvalue weighted by molar-refractivity contribution is 7.99. The van der Waals surface area contributed by atoms with Crippen molar-refractivity contribution >= 4 is 17.7 Å². The van der Waals surface area contributed by atoms with Gasteiger partial charge in [-0.1, -0.05) is 67.8 Å². The van der Waals surface area contributed by atoms with E-state index in [0.717, 1.165) is 50.5 Å². The fraction of sp³-hybridized carbons (Fsp3) is 0.591. The first kappa shape index (κ1) is 19.5. The minimum Gasteiger partial charge on any atom is -0.342 e. The summed E-state index contributed by atoms with van der Waals surface area (Å²) >= 11 is 1.46. The number of nitrogens with one attached hydrogen (secondary N) is 1. The molecule has 0 unspecified atom stereocenters. The minimum absolute atomic E-state index is 0.213. The predicted octanol–water partition coefficient (Wildman–Crippen LogP) is 4.11. The lowest BCUT2D eigenvalue weighted by molar-refractivity contribution is -0.129. The molecule has 1 aromatic carbocycles. The van der Waals surface area contributed by atoms with E-state index < -0.39 is 0 Å². The lowest BCUT2D eigenvalue weighted by atomic mass is 9.90. The molecule has 1 aliphatic heterocycles. The molecule has 28 heavy (non-hydrogen) atoms. The van der Waals surface area contributed by atoms with Gasteiger partial charge in [0.1, 0.15) is 5.82 Å². The monoisotopic (exact) mass is 398 g/mol. The number of piperidine rings is 1. The summed E-state index contributed by atoms with van der Waals surface area (Å²) in [5.74, 6) is 3.06. The zero-order valence-electron chi connectivity index (χ0n) is 16.5. The molecule has 1 N–H and O–H groups in total. The van der Waals surface area contributed by atoms with Crippen LogP contribution in [0, 0.1) is 11.8 Å². The molecule has 4 rings (SSSR count). The van der Waals surface area contributed by atoms with Gasteiger partial charge in [-0.3, -0.25) is 9.89 Å². The number of hydrogen-bond acceptors (Lipinski definition) is 4. The molecule has 0 atom stereocenters. The van der Waals surface area contributed by atoms with Crippen LogP contribution in [0.2, 0.25) is 0 Å². The van der Waals surface area contributed by atoms with Crippen LogP contribution in [0.3, 0.4) is 0 Å². The van der Waals surface area contributed by atoms with Crippen LogP contribution < -0.4 is 0 Å². The second kappa shape index (κ2) is 9.59. The Hall–Kier alpha value is -1.82. The third-order valence-corrected chi connectivity index (χ3v) is 6.96. The molecular formula is C22H30N4OS. The number of carbonyl (C=O) groups is 1. The van der Waals surface area contributed by atoms with E-state index in [1.807, 2.05) is 4.90 Å². The average molecular weight is 399 g/mol. The largest absolute Gasteiger partial charge is 0.342 e. The van der Waals surface area contributed by atoms with Gasteiger partial charge in [-0.25, -0.2) is 4.98 Å². The second-order valence-electron chi connectivity index (χ2n) is 8.22. The van der Waals surface area contributed by atoms with Crippen molar-refractivity contribution in [2.75, 3.05) is 18.8 Å². The van der Waals surface area contributed by atoms with Crippen molar-refractivity contribution < 1.29 is 4.79 Å². The van der Waals surface area contributed by atoms with E-state index in [0.29, 0.717) is 16.8 Å². The fourth-order valence-electron chi connectivity index (χ4n) is 4.47. The summed E-state index contributed by atoms with van der Waals surface area (Å²) in [6.07, 6.45) is 9.61. The molecule has 0 bridgehead atoms. The van der Waals surface area contributed by atoms with Crippen LogP contribution in [0.25, 0.3) is 0 Å². The lowest BCUT2D eigenvalue weighted by Crippen LogP contribution is -2.39. The first-order valence-corrected chi connectivity index (χ1v) is 11.6. The molecule has 2 heterocycles. The van der Waals surface area contributed by atoms with Gasteiger partial charge in [0, 0.05) is 19.5 Å². The Labute approximate surface area is 171 Å². The smallest absolute Gasteiger partial charge is 0.233 e. The van der Waals surface area contributed by atoms with Crippen LogP contribution in [-0.2, 0) is 17.6 Å². The highest BCUT2D eigenvalue weighted by Gasteiger charge is 2.23. The molecule has 150 valence electrons. The number of rotatable bonds is 7. The Morgan fingerprint density at radius 3 is 2.50 bits per heavy atom. The van der Waals surface area contributed by atoms with E-state index in [9.17, 15) is 4.79 Å². The Morgan fingerprint density at radius 1 is 1.04 bits per heavy atom. The van der Waals surface area contributed by atoms with Crippen molar-refractivity contribution in [3.8, 4) is 0 Å². The molecule has 1 saturated carbocycles. The van der Waals surface area contributed by atoms with Crippen LogP contribution in [-0.4, -0.2) is 44.8 Å². The molecule has 0 radical (unpaired) electrons. The molecule has 5 nitrogen and oxygen atoms in total. The van der Waals surface area contributed by atoms with Gasteiger partial charge < -0.3 is 4.90 Å². The van der Waals surface area contributed by atoms with Gasteiger partial charge in [-0.05, 0) is 36.7 Å². The summed E-state index contributed by atoms with van der Waals surface area (Å²) in [5, 5.41) is 8.06. The molecule has 1 amide bonds. The summed E-state index contributed by atoms with van der Waals surface area (Å²) < 4.78 is 0. The summed E-state index contributed by atoms with van der Waals surface area (Å²) in [5.41, 5.74) is 1.40. The number of likely N-dealkylation sites (tertiary alicyclic amines) is 1. The number of hydrogen-bond donors (Lipinski definition) is 1. The zero-order valence-corrected chi connectivity index (χ0v) is 17.3. The minimum atomic E-state index is 0.213. The Kier molecular flexibility index (Phi) is 6.68. The standard InChI is InChI=1S/C22H30N4OS/c27-21(16-28-22-23-20(24-25-22)15-18-8-4-5-9-18)26-12-10-19(11-13-26)14-17-6-2-1-3-7-17/h1-3,6-7,18-19H,4-5,8-16H2,(H,23,24,25). The van der Waals surface area contributed by atoms with Gasteiger partial charge in [0.2, 0.25) is 11.1 Å². The maximum Gasteiger partial charge on any atom is 0.233 e. The molecule has 1 aliphatic carbocycles. The summed E-state index contributed by atoms with van der Waals surface area (Å²) in [6.45, 7) is 1.75. The van der Waals surface area contributed by atoms with Crippen molar-refractivity contribution in [3.63, 3.8) is 0 Å². The van der Waals surface area contributed by atoms with Crippen molar-refractivity contribution in [2.24, 2.45) is 11.8 Å². The summed E-state index contributed by atoms with van der Waals surface area (Å²) in [6, 6.07) is 10.7. The van der Waals surface area contributed by atoms with Crippen LogP contribution in [0.15, 0.2) is 35.5 Å². The van der Waals surface area contributed by atoms with E-state index in [1.54, 1.807) is 0 Å². The summed E-state index contributed by atoms with van der Waals surface area (Å²) in [4.78, 5) is 19.2. The third-order valence-electron chi connectivity index (χ3n) is 6.13. The average Bonchev–Trinajstić information content (AvgIpc) is 3.40. The summed E-state index contributed by atoms with van der Waals surface area (Å²) in [7, 11) is 0. The van der Waals surface area contributed by atoms with Crippen molar-refractivity contribution in [3.05, 3.63) is 41.7 Å². The van der Waals surface area contributed by atoms with Gasteiger partial charge in [0.25, 0.3) is 0 Å². The van der Waals surface area contributed by atoms with E-state index in [1.165, 1.54) is 43.0 Å². The number of nitrogens with zero attached hydrogens (tertiary/aromatic N) is 3. The number of aromatic nitrogens is 3. The third kappa shape index (κ3) is 5.37. The van der Waals surface area contributed by atoms with Crippen LogP contribution >= 0.6 is 11.8 Å². The Bertz CT molecular complexity index is 749. The van der Waals surface area contributed by atoms with Gasteiger partial charge in [-0.15, -0.1) is 5.10 Å². The number of thioether (sulfide) groups is 1. The van der Waals surface area contributed by atoms with Gasteiger partial charge in [0.05, 0.1) is 5.75 Å². The molecule has 2 aromatic rings. The normalized spacial score (nSPS) is 18.6. The Morgan fingerprint density at radius 2 is 1.75 bits per heavy atom. The number of amides is 1. The highest BCUT2D eigenvalue weighted by atomic mass is 32.2. The molecule has 2 fully saturated rings. The first-order valence-electron chi connectivity index (χ1n) is 10.6. The number of aromatic amines is 1. The molecule has 1 saturated heterocycles.